The van der Waals surface area contributed by atoms with Gasteiger partial charge in [-0.15, -0.1) is 0 Å². The molecule has 0 unspecified atom stereocenters. The third kappa shape index (κ3) is 2.58. The number of benzene rings is 1. The Kier molecular flexibility index (Phi) is 3.45. The second kappa shape index (κ2) is 4.86. The molecule has 0 saturated carbocycles. The van der Waals surface area contributed by atoms with Crippen molar-refractivity contribution in [3.63, 3.8) is 0 Å². The second-order valence-corrected chi connectivity index (χ2v) is 8.10. The van der Waals surface area contributed by atoms with E-state index in [0.717, 1.165) is 12.1 Å². The Morgan fingerprint density at radius 1 is 1.23 bits per heavy atom. The van der Waals surface area contributed by atoms with E-state index in [9.17, 15) is 26.4 Å². The normalized spacial score (nSPS) is 27.3. The Hall–Kier alpha value is -1.28. The Bertz CT molecular complexity index is 747. The maximum absolute atomic E-state index is 12.9. The predicted molar refractivity (Wildman–Crippen MR) is 74.5 cm³/mol. The maximum Gasteiger partial charge on any atom is 0.417 e. The van der Waals surface area contributed by atoms with Crippen molar-refractivity contribution in [3.8, 4) is 0 Å². The van der Waals surface area contributed by atoms with E-state index in [-0.39, 0.29) is 35.4 Å². The average molecular weight is 354 g/mol. The molecule has 2 aliphatic rings. The fourth-order valence-electron chi connectivity index (χ4n) is 3.11. The van der Waals surface area contributed by atoms with Crippen LogP contribution in [0.2, 0.25) is 5.02 Å². The van der Waals surface area contributed by atoms with Crippen LogP contribution in [0.25, 0.3) is 0 Å². The van der Waals surface area contributed by atoms with Crippen LogP contribution < -0.4 is 4.90 Å². The van der Waals surface area contributed by atoms with Crippen molar-refractivity contribution in [3.05, 3.63) is 28.8 Å². The number of nitrogens with zero attached hydrogens (tertiary/aromatic N) is 1. The van der Waals surface area contributed by atoms with Crippen LogP contribution >= 0.6 is 11.6 Å². The molecule has 22 heavy (non-hydrogen) atoms. The first-order valence-corrected chi connectivity index (χ1v) is 8.68. The van der Waals surface area contributed by atoms with E-state index in [1.54, 1.807) is 0 Å². The first-order valence-electron chi connectivity index (χ1n) is 6.48. The van der Waals surface area contributed by atoms with E-state index >= 15 is 0 Å². The predicted octanol–water partition coefficient (Wildman–Crippen LogP) is 2.51. The zero-order valence-corrected chi connectivity index (χ0v) is 12.7. The van der Waals surface area contributed by atoms with E-state index in [1.807, 2.05) is 0 Å². The van der Waals surface area contributed by atoms with Crippen molar-refractivity contribution in [1.29, 1.82) is 0 Å². The van der Waals surface area contributed by atoms with Gasteiger partial charge in [-0.2, -0.15) is 13.2 Å². The van der Waals surface area contributed by atoms with Crippen LogP contribution in [0.5, 0.6) is 0 Å². The Morgan fingerprint density at radius 2 is 1.91 bits per heavy atom. The van der Waals surface area contributed by atoms with Gasteiger partial charge in [0.15, 0.2) is 9.84 Å². The summed E-state index contributed by atoms with van der Waals surface area (Å²) < 4.78 is 62.1. The minimum Gasteiger partial charge on any atom is -0.308 e. The monoisotopic (exact) mass is 353 g/mol. The van der Waals surface area contributed by atoms with E-state index in [1.165, 1.54) is 11.0 Å². The summed E-state index contributed by atoms with van der Waals surface area (Å²) in [6.45, 7) is 0. The SMILES string of the molecule is O=C1C[C@@H]2CS(=O)(=O)C[C@H]2N1c1ccc(Cl)c(C(F)(F)F)c1. The Labute approximate surface area is 129 Å². The first-order chi connectivity index (χ1) is 10.1. The summed E-state index contributed by atoms with van der Waals surface area (Å²) in [5.74, 6) is -1.03. The molecule has 2 saturated heterocycles. The van der Waals surface area contributed by atoms with Crippen molar-refractivity contribution < 1.29 is 26.4 Å². The molecule has 0 aliphatic carbocycles. The van der Waals surface area contributed by atoms with Crippen LogP contribution in [-0.2, 0) is 20.8 Å². The number of hydrogen-bond donors (Lipinski definition) is 0. The van der Waals surface area contributed by atoms with Gasteiger partial charge in [0.05, 0.1) is 28.1 Å². The lowest BCUT2D eigenvalue weighted by molar-refractivity contribution is -0.137. The number of alkyl halides is 3. The fraction of sp³-hybridized carbons (Fsp3) is 0.462. The van der Waals surface area contributed by atoms with Gasteiger partial charge < -0.3 is 4.90 Å². The highest BCUT2D eigenvalue weighted by molar-refractivity contribution is 7.91. The van der Waals surface area contributed by atoms with Crippen molar-refractivity contribution >= 4 is 33.0 Å². The minimum absolute atomic E-state index is 0.0336. The van der Waals surface area contributed by atoms with E-state index < -0.39 is 32.6 Å². The summed E-state index contributed by atoms with van der Waals surface area (Å²) in [5, 5.41) is -0.460. The summed E-state index contributed by atoms with van der Waals surface area (Å²) >= 11 is 5.56. The number of rotatable bonds is 1. The van der Waals surface area contributed by atoms with Crippen molar-refractivity contribution in [2.45, 2.75) is 18.6 Å². The average Bonchev–Trinajstić information content (AvgIpc) is 2.79. The van der Waals surface area contributed by atoms with Crippen LogP contribution in [0.1, 0.15) is 12.0 Å². The number of carbonyl (C=O) groups is 1. The molecule has 0 radical (unpaired) electrons. The van der Waals surface area contributed by atoms with Gasteiger partial charge in [0.2, 0.25) is 5.91 Å². The fourth-order valence-corrected chi connectivity index (χ4v) is 5.40. The van der Waals surface area contributed by atoms with Gasteiger partial charge in [-0.3, -0.25) is 4.79 Å². The summed E-state index contributed by atoms with van der Waals surface area (Å²) in [4.78, 5) is 13.2. The number of carbonyl (C=O) groups excluding carboxylic acids is 1. The summed E-state index contributed by atoms with van der Waals surface area (Å²) in [5.41, 5.74) is -1.00. The molecule has 0 bridgehead atoms. The van der Waals surface area contributed by atoms with Crippen LogP contribution in [0, 0.1) is 5.92 Å². The third-order valence-corrected chi connectivity index (χ3v) is 6.12. The highest BCUT2D eigenvalue weighted by Gasteiger charge is 2.49. The number of halogens is 4. The highest BCUT2D eigenvalue weighted by Crippen LogP contribution is 2.41. The number of hydrogen-bond acceptors (Lipinski definition) is 3. The van der Waals surface area contributed by atoms with Gasteiger partial charge in [-0.05, 0) is 18.2 Å². The van der Waals surface area contributed by atoms with Gasteiger partial charge in [0.25, 0.3) is 0 Å². The number of fused-ring (bicyclic) bond motifs is 1. The van der Waals surface area contributed by atoms with E-state index in [0.29, 0.717) is 0 Å². The molecule has 1 amide bonds. The lowest BCUT2D eigenvalue weighted by atomic mass is 10.0. The van der Waals surface area contributed by atoms with Gasteiger partial charge >= 0.3 is 6.18 Å². The molecule has 4 nitrogen and oxygen atoms in total. The quantitative estimate of drug-likeness (QED) is 0.779. The molecule has 2 atom stereocenters. The van der Waals surface area contributed by atoms with Gasteiger partial charge in [-0.25, -0.2) is 8.42 Å². The number of sulfone groups is 1. The van der Waals surface area contributed by atoms with E-state index in [4.69, 9.17) is 11.6 Å². The zero-order chi connectivity index (χ0) is 16.3. The molecule has 0 aromatic heterocycles. The van der Waals surface area contributed by atoms with Crippen molar-refractivity contribution in [2.24, 2.45) is 5.92 Å². The molecule has 2 heterocycles. The van der Waals surface area contributed by atoms with Crippen LogP contribution in [0.3, 0.4) is 0 Å². The highest BCUT2D eigenvalue weighted by atomic mass is 35.5. The summed E-state index contributed by atoms with van der Waals surface area (Å²) in [6, 6.07) is 2.58. The van der Waals surface area contributed by atoms with Gasteiger partial charge in [0.1, 0.15) is 0 Å². The minimum atomic E-state index is -4.64. The third-order valence-electron chi connectivity index (χ3n) is 4.01. The molecular formula is C13H11ClF3NO3S. The zero-order valence-electron chi connectivity index (χ0n) is 11.1. The van der Waals surface area contributed by atoms with Crippen molar-refractivity contribution in [1.82, 2.24) is 0 Å². The summed E-state index contributed by atoms with van der Waals surface area (Å²) in [6.07, 6.45) is -4.61. The largest absolute Gasteiger partial charge is 0.417 e. The Morgan fingerprint density at radius 3 is 2.55 bits per heavy atom. The molecule has 9 heteroatoms. The molecule has 1 aromatic carbocycles. The van der Waals surface area contributed by atoms with Gasteiger partial charge in [-0.1, -0.05) is 11.6 Å². The Balaban J connectivity index is 2.02. The van der Waals surface area contributed by atoms with E-state index in [2.05, 4.69) is 0 Å². The molecule has 2 aliphatic heterocycles. The standard InChI is InChI=1S/C13H11ClF3NO3S/c14-10-2-1-8(4-9(10)13(15,16)17)18-11-6-22(20,21)5-7(11)3-12(18)19/h1-2,4,7,11H,3,5-6H2/t7-,11-/m1/s1. The lowest BCUT2D eigenvalue weighted by Crippen LogP contribution is -2.36. The molecule has 0 spiro atoms. The van der Waals surface area contributed by atoms with Crippen LogP contribution in [0.4, 0.5) is 18.9 Å². The van der Waals surface area contributed by atoms with Crippen molar-refractivity contribution in [2.75, 3.05) is 16.4 Å². The number of anilines is 1. The van der Waals surface area contributed by atoms with Crippen LogP contribution in [-0.4, -0.2) is 31.9 Å². The lowest BCUT2D eigenvalue weighted by Gasteiger charge is -2.24. The molecule has 120 valence electrons. The molecule has 2 fully saturated rings. The smallest absolute Gasteiger partial charge is 0.308 e. The molecule has 3 rings (SSSR count). The molecule has 1 aromatic rings. The second-order valence-electron chi connectivity index (χ2n) is 5.53. The first kappa shape index (κ1) is 15.6. The van der Waals surface area contributed by atoms with Crippen LogP contribution in [0.15, 0.2) is 18.2 Å². The molecule has 0 N–H and O–H groups in total. The summed E-state index contributed by atoms with van der Waals surface area (Å²) in [7, 11) is -3.26. The van der Waals surface area contributed by atoms with Gasteiger partial charge in [0, 0.05) is 18.0 Å². The topological polar surface area (TPSA) is 54.5 Å². The maximum atomic E-state index is 12.9. The number of amides is 1. The molecular weight excluding hydrogens is 343 g/mol.